The molecule has 3 N–H and O–H groups in total. The third kappa shape index (κ3) is 6.87. The van der Waals surface area contributed by atoms with Gasteiger partial charge in [-0.25, -0.2) is 4.79 Å². The summed E-state index contributed by atoms with van der Waals surface area (Å²) >= 11 is 3.42. The number of amides is 3. The van der Waals surface area contributed by atoms with E-state index in [0.29, 0.717) is 6.54 Å². The van der Waals surface area contributed by atoms with E-state index in [4.69, 9.17) is 0 Å². The molecular formula is C22H27BrN4O2. The predicted octanol–water partition coefficient (Wildman–Crippen LogP) is 3.91. The smallest absolute Gasteiger partial charge is 0.315 e. The zero-order valence-electron chi connectivity index (χ0n) is 16.5. The fourth-order valence-electron chi connectivity index (χ4n) is 3.42. The van der Waals surface area contributed by atoms with Gasteiger partial charge in [0.15, 0.2) is 0 Å². The number of benzene rings is 2. The minimum atomic E-state index is -0.152. The third-order valence-electron chi connectivity index (χ3n) is 5.07. The van der Waals surface area contributed by atoms with Gasteiger partial charge < -0.3 is 16.0 Å². The fraction of sp³-hybridized carbons (Fsp3) is 0.364. The fourth-order valence-corrected chi connectivity index (χ4v) is 3.68. The van der Waals surface area contributed by atoms with Crippen LogP contribution in [0.25, 0.3) is 0 Å². The summed E-state index contributed by atoms with van der Waals surface area (Å²) in [5.74, 6) is -0.0105. The van der Waals surface area contributed by atoms with Crippen molar-refractivity contribution >= 4 is 33.6 Å². The summed E-state index contributed by atoms with van der Waals surface area (Å²) in [5.41, 5.74) is 1.87. The van der Waals surface area contributed by atoms with Crippen molar-refractivity contribution in [2.24, 2.45) is 0 Å². The van der Waals surface area contributed by atoms with Crippen LogP contribution < -0.4 is 16.0 Å². The maximum atomic E-state index is 12.3. The zero-order chi connectivity index (χ0) is 20.6. The van der Waals surface area contributed by atoms with Crippen LogP contribution in [0, 0.1) is 0 Å². The molecular weight excluding hydrogens is 432 g/mol. The lowest BCUT2D eigenvalue weighted by molar-refractivity contribution is -0.117. The molecule has 1 aliphatic heterocycles. The van der Waals surface area contributed by atoms with Gasteiger partial charge in [-0.3, -0.25) is 9.69 Å². The Morgan fingerprint density at radius 2 is 1.72 bits per heavy atom. The summed E-state index contributed by atoms with van der Waals surface area (Å²) < 4.78 is 1.02. The summed E-state index contributed by atoms with van der Waals surface area (Å²) in [6.45, 7) is 3.91. The maximum absolute atomic E-state index is 12.3. The summed E-state index contributed by atoms with van der Waals surface area (Å²) in [4.78, 5) is 26.6. The molecule has 0 aliphatic carbocycles. The first-order valence-electron chi connectivity index (χ1n) is 9.89. The Balaban J connectivity index is 1.37. The molecule has 154 valence electrons. The van der Waals surface area contributed by atoms with E-state index in [9.17, 15) is 9.59 Å². The number of halogens is 1. The number of nitrogens with zero attached hydrogens (tertiary/aromatic N) is 1. The van der Waals surface area contributed by atoms with Crippen LogP contribution in [0.4, 0.5) is 10.5 Å². The Labute approximate surface area is 180 Å². The number of urea groups is 1. The van der Waals surface area contributed by atoms with Crippen molar-refractivity contribution in [3.63, 3.8) is 0 Å². The standard InChI is InChI=1S/C22H27BrN4O2/c1-16(17-7-9-18(23)10-8-17)24-22(29)26-20-11-13-27(14-12-20)15-21(28)25-19-5-3-2-4-6-19/h2-10,16,20H,11-15H2,1H3,(H,25,28)(H2,24,26,29)/t16-/m1/s1. The van der Waals surface area contributed by atoms with Crippen LogP contribution in [0.5, 0.6) is 0 Å². The number of para-hydroxylation sites is 1. The molecule has 1 heterocycles. The van der Waals surface area contributed by atoms with Gasteiger partial charge in [0.2, 0.25) is 5.91 Å². The summed E-state index contributed by atoms with van der Waals surface area (Å²) in [5, 5.41) is 8.96. The number of carbonyl (C=O) groups excluding carboxylic acids is 2. The summed E-state index contributed by atoms with van der Waals surface area (Å²) in [7, 11) is 0. The van der Waals surface area contributed by atoms with Crippen LogP contribution >= 0.6 is 15.9 Å². The molecule has 7 heteroatoms. The van der Waals surface area contributed by atoms with E-state index in [1.54, 1.807) is 0 Å². The third-order valence-corrected chi connectivity index (χ3v) is 5.59. The number of piperidine rings is 1. The highest BCUT2D eigenvalue weighted by atomic mass is 79.9. The Morgan fingerprint density at radius 1 is 1.07 bits per heavy atom. The van der Waals surface area contributed by atoms with E-state index in [2.05, 4.69) is 36.8 Å². The van der Waals surface area contributed by atoms with E-state index in [1.807, 2.05) is 61.5 Å². The van der Waals surface area contributed by atoms with Gasteiger partial charge in [0.25, 0.3) is 0 Å². The SMILES string of the molecule is C[C@@H](NC(=O)NC1CCN(CC(=O)Nc2ccccc2)CC1)c1ccc(Br)cc1. The van der Waals surface area contributed by atoms with E-state index in [0.717, 1.165) is 41.7 Å². The molecule has 6 nitrogen and oxygen atoms in total. The minimum absolute atomic E-state index is 0.0105. The van der Waals surface area contributed by atoms with Crippen LogP contribution in [-0.2, 0) is 4.79 Å². The molecule has 1 saturated heterocycles. The van der Waals surface area contributed by atoms with Crippen LogP contribution in [-0.4, -0.2) is 42.5 Å². The maximum Gasteiger partial charge on any atom is 0.315 e. The lowest BCUT2D eigenvalue weighted by atomic mass is 10.1. The predicted molar refractivity (Wildman–Crippen MR) is 119 cm³/mol. The average Bonchev–Trinajstić information content (AvgIpc) is 2.70. The second kappa shape index (κ2) is 10.4. The molecule has 0 radical (unpaired) electrons. The van der Waals surface area contributed by atoms with Crippen LogP contribution in [0.3, 0.4) is 0 Å². The second-order valence-corrected chi connectivity index (χ2v) is 8.27. The molecule has 0 saturated carbocycles. The van der Waals surface area contributed by atoms with Crippen molar-refractivity contribution in [2.45, 2.75) is 31.8 Å². The van der Waals surface area contributed by atoms with Crippen molar-refractivity contribution in [1.82, 2.24) is 15.5 Å². The van der Waals surface area contributed by atoms with Crippen molar-refractivity contribution in [2.75, 3.05) is 25.0 Å². The largest absolute Gasteiger partial charge is 0.335 e. The minimum Gasteiger partial charge on any atom is -0.335 e. The molecule has 1 aliphatic rings. The average molecular weight is 459 g/mol. The van der Waals surface area contributed by atoms with Gasteiger partial charge in [0.1, 0.15) is 0 Å². The molecule has 0 spiro atoms. The molecule has 1 fully saturated rings. The molecule has 3 rings (SSSR count). The van der Waals surface area contributed by atoms with Crippen molar-refractivity contribution in [3.8, 4) is 0 Å². The number of anilines is 1. The molecule has 2 aromatic carbocycles. The number of likely N-dealkylation sites (tertiary alicyclic amines) is 1. The van der Waals surface area contributed by atoms with Crippen LogP contribution in [0.1, 0.15) is 31.4 Å². The Bertz CT molecular complexity index is 805. The van der Waals surface area contributed by atoms with Crippen molar-refractivity contribution < 1.29 is 9.59 Å². The lowest BCUT2D eigenvalue weighted by Crippen LogP contribution is -2.49. The highest BCUT2D eigenvalue weighted by Crippen LogP contribution is 2.17. The summed E-state index contributed by atoms with van der Waals surface area (Å²) in [6.07, 6.45) is 1.66. The van der Waals surface area contributed by atoms with Gasteiger partial charge in [0.05, 0.1) is 12.6 Å². The van der Waals surface area contributed by atoms with Gasteiger partial charge in [0, 0.05) is 29.3 Å². The first kappa shape index (κ1) is 21.3. The molecule has 0 aromatic heterocycles. The van der Waals surface area contributed by atoms with Crippen LogP contribution in [0.15, 0.2) is 59.1 Å². The molecule has 1 atom stereocenters. The van der Waals surface area contributed by atoms with Gasteiger partial charge >= 0.3 is 6.03 Å². The Morgan fingerprint density at radius 3 is 2.38 bits per heavy atom. The summed E-state index contributed by atoms with van der Waals surface area (Å²) in [6, 6.07) is 17.3. The molecule has 29 heavy (non-hydrogen) atoms. The number of nitrogens with one attached hydrogen (secondary N) is 3. The normalized spacial score (nSPS) is 16.1. The first-order chi connectivity index (χ1) is 14.0. The van der Waals surface area contributed by atoms with Crippen molar-refractivity contribution in [3.05, 3.63) is 64.6 Å². The van der Waals surface area contributed by atoms with Crippen molar-refractivity contribution in [1.29, 1.82) is 0 Å². The zero-order valence-corrected chi connectivity index (χ0v) is 18.1. The van der Waals surface area contributed by atoms with E-state index in [1.165, 1.54) is 0 Å². The molecule has 2 aromatic rings. The number of rotatable bonds is 6. The van der Waals surface area contributed by atoms with Gasteiger partial charge in [-0.05, 0) is 49.6 Å². The number of hydrogen-bond donors (Lipinski definition) is 3. The Kier molecular flexibility index (Phi) is 7.66. The van der Waals surface area contributed by atoms with Gasteiger partial charge in [-0.15, -0.1) is 0 Å². The van der Waals surface area contributed by atoms with E-state index >= 15 is 0 Å². The highest BCUT2D eigenvalue weighted by Gasteiger charge is 2.22. The molecule has 0 unspecified atom stereocenters. The quantitative estimate of drug-likeness (QED) is 0.614. The highest BCUT2D eigenvalue weighted by molar-refractivity contribution is 9.10. The van der Waals surface area contributed by atoms with Gasteiger partial charge in [-0.1, -0.05) is 46.3 Å². The lowest BCUT2D eigenvalue weighted by Gasteiger charge is -2.32. The molecule has 0 bridgehead atoms. The van der Waals surface area contributed by atoms with Crippen LogP contribution in [0.2, 0.25) is 0 Å². The first-order valence-corrected chi connectivity index (χ1v) is 10.7. The van der Waals surface area contributed by atoms with E-state index in [-0.39, 0.29) is 24.0 Å². The Hall–Kier alpha value is -2.38. The topological polar surface area (TPSA) is 73.5 Å². The number of hydrogen-bond acceptors (Lipinski definition) is 3. The molecule has 3 amide bonds. The monoisotopic (exact) mass is 458 g/mol. The number of carbonyl (C=O) groups is 2. The van der Waals surface area contributed by atoms with Gasteiger partial charge in [-0.2, -0.15) is 0 Å². The second-order valence-electron chi connectivity index (χ2n) is 7.36. The van der Waals surface area contributed by atoms with E-state index < -0.39 is 0 Å².